The molecule has 0 unspecified atom stereocenters. The molecule has 4 heterocycles. The van der Waals surface area contributed by atoms with Crippen LogP contribution in [0.4, 0.5) is 8.78 Å². The SMILES string of the molecule is Cn1cc(Cn2c(-c3ncc(C(F)F)cc3C3CC3)nc3sc4c(O)c(Cl)ccc4c3c2=O)ccc1=O. The van der Waals surface area contributed by atoms with E-state index in [1.54, 1.807) is 25.4 Å². The second kappa shape index (κ2) is 8.74. The number of nitrogens with zero attached hydrogens (tertiary/aromatic N) is 4. The first-order valence-corrected chi connectivity index (χ1v) is 12.7. The maximum Gasteiger partial charge on any atom is 0.265 e. The minimum Gasteiger partial charge on any atom is -0.505 e. The number of aromatic nitrogens is 4. The molecule has 0 amide bonds. The Kier molecular flexibility index (Phi) is 5.61. The van der Waals surface area contributed by atoms with Gasteiger partial charge in [0.25, 0.3) is 12.0 Å². The molecule has 1 aliphatic carbocycles. The summed E-state index contributed by atoms with van der Waals surface area (Å²) >= 11 is 7.24. The number of phenolic OH excluding ortho intramolecular Hbond substituents is 1. The van der Waals surface area contributed by atoms with Gasteiger partial charge in [-0.15, -0.1) is 11.3 Å². The Bertz CT molecular complexity index is 1840. The molecule has 11 heteroatoms. The zero-order valence-corrected chi connectivity index (χ0v) is 21.0. The number of pyridine rings is 2. The summed E-state index contributed by atoms with van der Waals surface area (Å²) in [5.41, 5.74) is 0.930. The van der Waals surface area contributed by atoms with Crippen molar-refractivity contribution in [2.75, 3.05) is 0 Å². The molecule has 188 valence electrons. The highest BCUT2D eigenvalue weighted by atomic mass is 35.5. The van der Waals surface area contributed by atoms with Gasteiger partial charge >= 0.3 is 0 Å². The molecule has 0 bridgehead atoms. The van der Waals surface area contributed by atoms with Crippen molar-refractivity contribution in [3.63, 3.8) is 0 Å². The molecule has 0 spiro atoms. The van der Waals surface area contributed by atoms with Crippen LogP contribution in [-0.4, -0.2) is 24.2 Å². The second-order valence-corrected chi connectivity index (χ2v) is 10.6. The van der Waals surface area contributed by atoms with E-state index in [0.717, 1.165) is 30.4 Å². The molecule has 1 saturated carbocycles. The summed E-state index contributed by atoms with van der Waals surface area (Å²) in [6, 6.07) is 7.69. The van der Waals surface area contributed by atoms with Crippen molar-refractivity contribution < 1.29 is 13.9 Å². The minimum absolute atomic E-state index is 0.0602. The summed E-state index contributed by atoms with van der Waals surface area (Å²) in [7, 11) is 1.62. The highest BCUT2D eigenvalue weighted by Crippen LogP contribution is 2.45. The fourth-order valence-electron chi connectivity index (χ4n) is 4.55. The van der Waals surface area contributed by atoms with Gasteiger partial charge in [0.1, 0.15) is 10.5 Å². The summed E-state index contributed by atoms with van der Waals surface area (Å²) in [5.74, 6) is 0.169. The third kappa shape index (κ3) is 4.00. The van der Waals surface area contributed by atoms with Crippen molar-refractivity contribution in [2.24, 2.45) is 7.05 Å². The molecule has 0 saturated heterocycles. The lowest BCUT2D eigenvalue weighted by Crippen LogP contribution is -2.25. The molecular weight excluding hydrogens is 522 g/mol. The zero-order chi connectivity index (χ0) is 26.0. The van der Waals surface area contributed by atoms with Gasteiger partial charge in [-0.3, -0.25) is 19.1 Å². The van der Waals surface area contributed by atoms with Crippen molar-refractivity contribution in [2.45, 2.75) is 31.7 Å². The van der Waals surface area contributed by atoms with E-state index >= 15 is 0 Å². The lowest BCUT2D eigenvalue weighted by atomic mass is 10.1. The lowest BCUT2D eigenvalue weighted by molar-refractivity contribution is 0.151. The smallest absolute Gasteiger partial charge is 0.265 e. The molecular formula is C26H19ClF2N4O3S. The summed E-state index contributed by atoms with van der Waals surface area (Å²) < 4.78 is 30.3. The molecule has 6 rings (SSSR count). The van der Waals surface area contributed by atoms with E-state index in [1.807, 2.05) is 0 Å². The van der Waals surface area contributed by atoms with Gasteiger partial charge in [0, 0.05) is 36.5 Å². The summed E-state index contributed by atoms with van der Waals surface area (Å²) in [4.78, 5) is 35.5. The van der Waals surface area contributed by atoms with Gasteiger partial charge in [0.05, 0.1) is 21.7 Å². The summed E-state index contributed by atoms with van der Waals surface area (Å²) in [5, 5.41) is 11.5. The number of alkyl halides is 2. The Hall–Kier alpha value is -3.63. The van der Waals surface area contributed by atoms with Crippen molar-refractivity contribution in [1.82, 2.24) is 19.1 Å². The largest absolute Gasteiger partial charge is 0.505 e. The van der Waals surface area contributed by atoms with E-state index in [-0.39, 0.29) is 45.7 Å². The number of aryl methyl sites for hydroxylation is 1. The van der Waals surface area contributed by atoms with Gasteiger partial charge in [0.15, 0.2) is 11.6 Å². The number of hydrogen-bond acceptors (Lipinski definition) is 6. The first kappa shape index (κ1) is 23.7. The molecule has 1 fully saturated rings. The molecule has 7 nitrogen and oxygen atoms in total. The first-order valence-electron chi connectivity index (χ1n) is 11.5. The number of benzene rings is 1. The predicted octanol–water partition coefficient (Wildman–Crippen LogP) is 5.59. The van der Waals surface area contributed by atoms with Crippen LogP contribution in [0.1, 0.15) is 41.9 Å². The highest BCUT2D eigenvalue weighted by Gasteiger charge is 2.31. The summed E-state index contributed by atoms with van der Waals surface area (Å²) in [6.45, 7) is 0.0739. The standard InChI is InChI=1S/C26H19ClF2N4O3S/c1-32-10-12(2-7-18(32)34)11-33-24(20-16(13-3-4-13)8-14(9-30-20)23(28)29)31-25-19(26(33)36)15-5-6-17(27)21(35)22(15)37-25/h2,5-10,13,23,35H,3-4,11H2,1H3. The van der Waals surface area contributed by atoms with Crippen LogP contribution in [0.3, 0.4) is 0 Å². The van der Waals surface area contributed by atoms with Crippen LogP contribution in [0.25, 0.3) is 31.8 Å². The molecule has 37 heavy (non-hydrogen) atoms. The quantitative estimate of drug-likeness (QED) is 0.314. The maximum absolute atomic E-state index is 14.0. The maximum atomic E-state index is 14.0. The van der Waals surface area contributed by atoms with Crippen LogP contribution < -0.4 is 11.1 Å². The fraction of sp³-hybridized carbons (Fsp3) is 0.231. The summed E-state index contributed by atoms with van der Waals surface area (Å²) in [6.07, 6.45) is 1.76. The van der Waals surface area contributed by atoms with Gasteiger partial charge in [0.2, 0.25) is 5.56 Å². The van der Waals surface area contributed by atoms with Crippen LogP contribution in [0.15, 0.2) is 52.3 Å². The second-order valence-electron chi connectivity index (χ2n) is 9.15. The third-order valence-electron chi connectivity index (χ3n) is 6.59. The molecule has 4 aromatic heterocycles. The van der Waals surface area contributed by atoms with Gasteiger partial charge in [-0.05, 0) is 42.0 Å². The van der Waals surface area contributed by atoms with Crippen molar-refractivity contribution in [3.8, 4) is 17.3 Å². The topological polar surface area (TPSA) is 90.0 Å². The molecule has 1 N–H and O–H groups in total. The number of thiophene rings is 1. The van der Waals surface area contributed by atoms with Gasteiger partial charge < -0.3 is 9.67 Å². The molecule has 0 atom stereocenters. The van der Waals surface area contributed by atoms with Gasteiger partial charge in [-0.1, -0.05) is 23.7 Å². The Morgan fingerprint density at radius 1 is 1.22 bits per heavy atom. The monoisotopic (exact) mass is 540 g/mol. The number of rotatable bonds is 5. The van der Waals surface area contributed by atoms with E-state index in [4.69, 9.17) is 16.6 Å². The Morgan fingerprint density at radius 3 is 2.70 bits per heavy atom. The van der Waals surface area contributed by atoms with E-state index in [1.165, 1.54) is 27.3 Å². The molecule has 0 radical (unpaired) electrons. The number of aromatic hydroxyl groups is 1. The number of fused-ring (bicyclic) bond motifs is 3. The van der Waals surface area contributed by atoms with Crippen LogP contribution in [0, 0.1) is 0 Å². The van der Waals surface area contributed by atoms with Crippen LogP contribution >= 0.6 is 22.9 Å². The lowest BCUT2D eigenvalue weighted by Gasteiger charge is -2.16. The molecule has 1 aromatic carbocycles. The third-order valence-corrected chi connectivity index (χ3v) is 8.00. The average molecular weight is 541 g/mol. The molecule has 1 aliphatic rings. The van der Waals surface area contributed by atoms with E-state index in [0.29, 0.717) is 37.1 Å². The average Bonchev–Trinajstić information content (AvgIpc) is 3.65. The fourth-order valence-corrected chi connectivity index (χ4v) is 5.87. The number of halogens is 3. The number of phenols is 1. The van der Waals surface area contributed by atoms with Crippen LogP contribution in [0.2, 0.25) is 5.02 Å². The number of hydrogen-bond donors (Lipinski definition) is 1. The Labute approximate surface area is 217 Å². The predicted molar refractivity (Wildman–Crippen MR) is 139 cm³/mol. The van der Waals surface area contributed by atoms with E-state index < -0.39 is 6.43 Å². The van der Waals surface area contributed by atoms with Crippen molar-refractivity contribution in [3.05, 3.63) is 85.1 Å². The molecule has 0 aliphatic heterocycles. The van der Waals surface area contributed by atoms with Gasteiger partial charge in [-0.2, -0.15) is 0 Å². The van der Waals surface area contributed by atoms with Crippen LogP contribution in [0.5, 0.6) is 5.75 Å². The normalized spacial score (nSPS) is 13.8. The van der Waals surface area contributed by atoms with E-state index in [9.17, 15) is 23.5 Å². The Balaban J connectivity index is 1.66. The van der Waals surface area contributed by atoms with Crippen molar-refractivity contribution in [1.29, 1.82) is 0 Å². The van der Waals surface area contributed by atoms with E-state index in [2.05, 4.69) is 4.98 Å². The van der Waals surface area contributed by atoms with Gasteiger partial charge in [-0.25, -0.2) is 13.8 Å². The van der Waals surface area contributed by atoms with Crippen molar-refractivity contribution >= 4 is 43.2 Å². The molecule has 5 aromatic rings. The minimum atomic E-state index is -2.67. The first-order chi connectivity index (χ1) is 17.7. The zero-order valence-electron chi connectivity index (χ0n) is 19.4. The van der Waals surface area contributed by atoms with Crippen LogP contribution in [-0.2, 0) is 13.6 Å². The highest BCUT2D eigenvalue weighted by molar-refractivity contribution is 7.25. The Morgan fingerprint density at radius 2 is 2.00 bits per heavy atom.